The van der Waals surface area contributed by atoms with Crippen LogP contribution in [0.3, 0.4) is 0 Å². The van der Waals surface area contributed by atoms with Crippen molar-refractivity contribution in [2.24, 2.45) is 0 Å². The van der Waals surface area contributed by atoms with E-state index in [-0.39, 0.29) is 18.2 Å². The van der Waals surface area contributed by atoms with Gasteiger partial charge in [0.15, 0.2) is 17.3 Å². The lowest BCUT2D eigenvalue weighted by Gasteiger charge is -2.30. The van der Waals surface area contributed by atoms with E-state index in [0.29, 0.717) is 47.8 Å². The van der Waals surface area contributed by atoms with Crippen LogP contribution in [-0.4, -0.2) is 35.7 Å². The highest BCUT2D eigenvalue weighted by Gasteiger charge is 2.38. The Balaban J connectivity index is 1.58. The monoisotopic (exact) mass is 492 g/mol. The average Bonchev–Trinajstić information content (AvgIpc) is 3.17. The van der Waals surface area contributed by atoms with Crippen LogP contribution in [0.5, 0.6) is 11.5 Å². The van der Waals surface area contributed by atoms with E-state index in [4.69, 9.17) is 25.6 Å². The topological polar surface area (TPSA) is 116 Å². The van der Waals surface area contributed by atoms with Gasteiger partial charge in [-0.25, -0.2) is 0 Å². The molecular weight excluding hydrogens is 460 g/mol. The Kier molecular flexibility index (Phi) is 9.15. The molecule has 2 N–H and O–H groups in total. The zero-order chi connectivity index (χ0) is 24.6. The molecule has 1 aliphatic carbocycles. The van der Waals surface area contributed by atoms with Gasteiger partial charge < -0.3 is 24.6 Å². The first-order chi connectivity index (χ1) is 16.4. The third-order valence-corrected chi connectivity index (χ3v) is 6.18. The van der Waals surface area contributed by atoms with Crippen LogP contribution in [0, 0.1) is 0 Å². The quantitative estimate of drug-likeness (QED) is 0.480. The minimum absolute atomic E-state index is 0.112. The van der Waals surface area contributed by atoms with Crippen LogP contribution in [0.25, 0.3) is 0 Å². The fourth-order valence-corrected chi connectivity index (χ4v) is 4.58. The summed E-state index contributed by atoms with van der Waals surface area (Å²) in [5.74, 6) is 1.61. The highest BCUT2D eigenvalue weighted by atomic mass is 35.5. The Morgan fingerprint density at radius 3 is 2.59 bits per heavy atom. The molecule has 0 radical (unpaired) electrons. The molecule has 0 saturated heterocycles. The second kappa shape index (κ2) is 12.1. The lowest BCUT2D eigenvalue weighted by atomic mass is 9.89. The molecular formula is C24H33ClN4O5. The Hall–Kier alpha value is -2.81. The van der Waals surface area contributed by atoms with Crippen LogP contribution in [0.4, 0.5) is 0 Å². The summed E-state index contributed by atoms with van der Waals surface area (Å²) in [4.78, 5) is 28.8. The number of hydrogen-bond donors (Lipinski definition) is 2. The summed E-state index contributed by atoms with van der Waals surface area (Å²) in [5, 5.41) is 10.5. The summed E-state index contributed by atoms with van der Waals surface area (Å²) >= 11 is 6.30. The molecule has 0 aliphatic heterocycles. The van der Waals surface area contributed by atoms with Crippen LogP contribution >= 0.6 is 11.6 Å². The van der Waals surface area contributed by atoms with E-state index < -0.39 is 5.54 Å². The Labute approximate surface area is 204 Å². The van der Waals surface area contributed by atoms with Crippen LogP contribution in [0.15, 0.2) is 16.7 Å². The van der Waals surface area contributed by atoms with Crippen molar-refractivity contribution in [1.29, 1.82) is 0 Å². The molecule has 1 aromatic heterocycles. The Morgan fingerprint density at radius 2 is 1.94 bits per heavy atom. The van der Waals surface area contributed by atoms with Crippen molar-refractivity contribution in [3.8, 4) is 11.5 Å². The van der Waals surface area contributed by atoms with E-state index in [9.17, 15) is 9.59 Å². The average molecular weight is 493 g/mol. The van der Waals surface area contributed by atoms with Gasteiger partial charge in [-0.3, -0.25) is 9.59 Å². The highest BCUT2D eigenvalue weighted by molar-refractivity contribution is 6.32. The number of hydrogen-bond acceptors (Lipinski definition) is 7. The van der Waals surface area contributed by atoms with Crippen molar-refractivity contribution in [2.45, 2.75) is 77.3 Å². The molecule has 3 rings (SSSR count). The lowest BCUT2D eigenvalue weighted by Crippen LogP contribution is -2.45. The molecule has 1 fully saturated rings. The third kappa shape index (κ3) is 6.62. The number of carbonyl (C=O) groups is 2. The number of benzene rings is 1. The SMILES string of the molecule is CCOc1c(Cl)cc(CNC(=O)CCc2nc(C3(NC(C)=O)CCCCCC3)no2)cc1OC. The lowest BCUT2D eigenvalue weighted by molar-refractivity contribution is -0.122. The van der Waals surface area contributed by atoms with Gasteiger partial charge in [-0.1, -0.05) is 42.4 Å². The molecule has 2 amide bonds. The Morgan fingerprint density at radius 1 is 1.21 bits per heavy atom. The zero-order valence-corrected chi connectivity index (χ0v) is 20.8. The van der Waals surface area contributed by atoms with Crippen molar-refractivity contribution in [1.82, 2.24) is 20.8 Å². The van der Waals surface area contributed by atoms with Gasteiger partial charge in [0.05, 0.1) is 18.7 Å². The summed E-state index contributed by atoms with van der Waals surface area (Å²) in [6, 6.07) is 3.53. The molecule has 1 saturated carbocycles. The molecule has 10 heteroatoms. The zero-order valence-electron chi connectivity index (χ0n) is 20.0. The largest absolute Gasteiger partial charge is 0.493 e. The van der Waals surface area contributed by atoms with E-state index in [1.54, 1.807) is 19.2 Å². The molecule has 0 unspecified atom stereocenters. The predicted octanol–water partition coefficient (Wildman–Crippen LogP) is 4.06. The number of aromatic nitrogens is 2. The maximum absolute atomic E-state index is 12.4. The molecule has 34 heavy (non-hydrogen) atoms. The van der Waals surface area contributed by atoms with Gasteiger partial charge >= 0.3 is 0 Å². The van der Waals surface area contributed by atoms with E-state index in [0.717, 1.165) is 44.1 Å². The van der Waals surface area contributed by atoms with Crippen LogP contribution < -0.4 is 20.1 Å². The number of ether oxygens (including phenoxy) is 2. The fraction of sp³-hybridized carbons (Fsp3) is 0.583. The summed E-state index contributed by atoms with van der Waals surface area (Å²) < 4.78 is 16.3. The summed E-state index contributed by atoms with van der Waals surface area (Å²) in [6.45, 7) is 4.13. The van der Waals surface area contributed by atoms with Gasteiger partial charge in [-0.2, -0.15) is 4.98 Å². The standard InChI is InChI=1S/C24H33ClN4O5/c1-4-33-22-18(25)13-17(14-19(22)32-3)15-26-20(31)9-10-21-27-23(29-34-21)24(28-16(2)30)11-7-5-6-8-12-24/h13-14H,4-12,15H2,1-3H3,(H,26,31)(H,28,30). The fourth-order valence-electron chi connectivity index (χ4n) is 4.29. The molecule has 1 heterocycles. The maximum atomic E-state index is 12.4. The van der Waals surface area contributed by atoms with E-state index in [1.165, 1.54) is 6.92 Å². The van der Waals surface area contributed by atoms with Gasteiger partial charge in [-0.15, -0.1) is 0 Å². The number of halogens is 1. The van der Waals surface area contributed by atoms with Crippen LogP contribution in [0.1, 0.15) is 76.1 Å². The molecule has 1 aliphatic rings. The minimum Gasteiger partial charge on any atom is -0.493 e. The Bertz CT molecular complexity index is 986. The van der Waals surface area contributed by atoms with Crippen molar-refractivity contribution in [3.05, 3.63) is 34.4 Å². The number of aryl methyl sites for hydroxylation is 1. The molecule has 9 nitrogen and oxygen atoms in total. The molecule has 186 valence electrons. The number of rotatable bonds is 10. The number of amides is 2. The second-order valence-corrected chi connectivity index (χ2v) is 8.92. The molecule has 0 atom stereocenters. The summed E-state index contributed by atoms with van der Waals surface area (Å²) in [5.41, 5.74) is 0.197. The van der Waals surface area contributed by atoms with Crippen molar-refractivity contribution in [3.63, 3.8) is 0 Å². The smallest absolute Gasteiger partial charge is 0.227 e. The van der Waals surface area contributed by atoms with Crippen LogP contribution in [0.2, 0.25) is 5.02 Å². The maximum Gasteiger partial charge on any atom is 0.227 e. The second-order valence-electron chi connectivity index (χ2n) is 8.51. The number of nitrogens with one attached hydrogen (secondary N) is 2. The van der Waals surface area contributed by atoms with E-state index in [2.05, 4.69) is 20.8 Å². The van der Waals surface area contributed by atoms with Crippen molar-refractivity contribution in [2.75, 3.05) is 13.7 Å². The first kappa shape index (κ1) is 25.8. The molecule has 1 aromatic carbocycles. The highest BCUT2D eigenvalue weighted by Crippen LogP contribution is 2.36. The van der Waals surface area contributed by atoms with Gasteiger partial charge in [0, 0.05) is 26.3 Å². The molecule has 2 aromatic rings. The predicted molar refractivity (Wildman–Crippen MR) is 127 cm³/mol. The van der Waals surface area contributed by atoms with Crippen molar-refractivity contribution >= 4 is 23.4 Å². The van der Waals surface area contributed by atoms with E-state index in [1.807, 2.05) is 6.92 Å². The molecule has 0 spiro atoms. The number of nitrogens with zero attached hydrogens (tertiary/aromatic N) is 2. The summed E-state index contributed by atoms with van der Waals surface area (Å²) in [7, 11) is 1.54. The first-order valence-corrected chi connectivity index (χ1v) is 12.1. The first-order valence-electron chi connectivity index (χ1n) is 11.7. The normalized spacial score (nSPS) is 15.3. The number of carbonyl (C=O) groups excluding carboxylic acids is 2. The number of methoxy groups -OCH3 is 1. The van der Waals surface area contributed by atoms with Gasteiger partial charge in [0.2, 0.25) is 17.7 Å². The van der Waals surface area contributed by atoms with Gasteiger partial charge in [0.25, 0.3) is 0 Å². The van der Waals surface area contributed by atoms with Crippen LogP contribution in [-0.2, 0) is 28.1 Å². The third-order valence-electron chi connectivity index (χ3n) is 5.90. The van der Waals surface area contributed by atoms with Gasteiger partial charge in [-0.05, 0) is 37.5 Å². The van der Waals surface area contributed by atoms with Gasteiger partial charge in [0.1, 0.15) is 5.54 Å². The molecule has 0 bridgehead atoms. The van der Waals surface area contributed by atoms with E-state index >= 15 is 0 Å². The summed E-state index contributed by atoms with van der Waals surface area (Å²) in [6.07, 6.45) is 6.29. The van der Waals surface area contributed by atoms with Crippen molar-refractivity contribution < 1.29 is 23.6 Å². The minimum atomic E-state index is -0.599.